The Kier molecular flexibility index (Phi) is 7.08. The zero-order valence-corrected chi connectivity index (χ0v) is 23.4. The smallest absolute Gasteiger partial charge is 0.263 e. The molecule has 1 amide bonds. The summed E-state index contributed by atoms with van der Waals surface area (Å²) in [6.45, 7) is 5.91. The Labute approximate surface area is 230 Å². The highest BCUT2D eigenvalue weighted by Crippen LogP contribution is 2.34. The van der Waals surface area contributed by atoms with Crippen molar-refractivity contribution in [1.82, 2.24) is 23.7 Å². The Bertz CT molecular complexity index is 1570. The number of benzene rings is 1. The summed E-state index contributed by atoms with van der Waals surface area (Å²) in [4.78, 5) is 36.0. The number of nitrogens with zero attached hydrogens (tertiary/aromatic N) is 5. The zero-order valence-electron chi connectivity index (χ0n) is 21.8. The molecule has 1 aromatic carbocycles. The number of hydrogen-bond acceptors (Lipinski definition) is 9. The van der Waals surface area contributed by atoms with E-state index < -0.39 is 15.6 Å². The summed E-state index contributed by atoms with van der Waals surface area (Å²) >= 11 is 1.20. The first-order valence-corrected chi connectivity index (χ1v) is 15.4. The average molecular weight is 574 g/mol. The number of aryl methyl sites for hydroxylation is 1. The molecule has 2 saturated heterocycles. The molecule has 0 radical (unpaired) electrons. The van der Waals surface area contributed by atoms with Crippen molar-refractivity contribution >= 4 is 37.5 Å². The number of aromatic nitrogens is 2. The first kappa shape index (κ1) is 26.2. The fraction of sp³-hybridized carbons (Fsp3) is 0.500. The predicted molar refractivity (Wildman–Crippen MR) is 146 cm³/mol. The standard InChI is InChI=1S/C26H31N5O6S2/c1-18-24(39(34,35)31-7-3-2-4-8-31)23-25(38-18)27-16-30(26(23)33)15-22(32)29-11-9-28(10-12-29)14-19-5-6-20-21(13-19)37-17-36-20/h5-6,13,16H,2-4,7-12,14-15,17H2,1H3. The fourth-order valence-corrected chi connectivity index (χ4v) is 8.65. The molecule has 208 valence electrons. The van der Waals surface area contributed by atoms with Gasteiger partial charge in [-0.2, -0.15) is 4.31 Å². The maximum absolute atomic E-state index is 13.5. The van der Waals surface area contributed by atoms with Crippen LogP contribution in [-0.2, 0) is 27.9 Å². The first-order chi connectivity index (χ1) is 18.8. The Morgan fingerprint density at radius 2 is 1.77 bits per heavy atom. The van der Waals surface area contributed by atoms with Gasteiger partial charge in [-0.25, -0.2) is 13.4 Å². The molecule has 11 nitrogen and oxygen atoms in total. The van der Waals surface area contributed by atoms with Crippen molar-refractivity contribution in [2.24, 2.45) is 0 Å². The maximum Gasteiger partial charge on any atom is 0.263 e. The van der Waals surface area contributed by atoms with Crippen molar-refractivity contribution in [1.29, 1.82) is 0 Å². The van der Waals surface area contributed by atoms with Gasteiger partial charge >= 0.3 is 0 Å². The van der Waals surface area contributed by atoms with Crippen LogP contribution in [0, 0.1) is 6.92 Å². The molecule has 5 heterocycles. The number of ether oxygens (including phenoxy) is 2. The second-order valence-corrected chi connectivity index (χ2v) is 13.2. The van der Waals surface area contributed by atoms with Crippen molar-refractivity contribution in [3.63, 3.8) is 0 Å². The van der Waals surface area contributed by atoms with E-state index in [1.807, 2.05) is 18.2 Å². The second-order valence-electron chi connectivity index (χ2n) is 10.2. The number of carbonyl (C=O) groups excluding carboxylic acids is 1. The van der Waals surface area contributed by atoms with E-state index in [9.17, 15) is 18.0 Å². The van der Waals surface area contributed by atoms with Crippen LogP contribution in [0.2, 0.25) is 0 Å². The van der Waals surface area contributed by atoms with Crippen molar-refractivity contribution in [2.45, 2.75) is 44.2 Å². The molecule has 2 aromatic heterocycles. The highest BCUT2D eigenvalue weighted by molar-refractivity contribution is 7.89. The van der Waals surface area contributed by atoms with Gasteiger partial charge in [-0.15, -0.1) is 11.3 Å². The number of rotatable bonds is 6. The minimum Gasteiger partial charge on any atom is -0.454 e. The number of sulfonamides is 1. The molecule has 39 heavy (non-hydrogen) atoms. The second kappa shape index (κ2) is 10.5. The van der Waals surface area contributed by atoms with E-state index in [0.29, 0.717) is 49.0 Å². The van der Waals surface area contributed by atoms with E-state index >= 15 is 0 Å². The van der Waals surface area contributed by atoms with Crippen LogP contribution in [0.1, 0.15) is 29.7 Å². The normalized spacial score (nSPS) is 18.6. The first-order valence-electron chi connectivity index (χ1n) is 13.2. The molecule has 6 rings (SSSR count). The van der Waals surface area contributed by atoms with Crippen molar-refractivity contribution in [3.8, 4) is 11.5 Å². The quantitative estimate of drug-likeness (QED) is 0.440. The topological polar surface area (TPSA) is 114 Å². The van der Waals surface area contributed by atoms with Gasteiger partial charge in [0, 0.05) is 50.7 Å². The van der Waals surface area contributed by atoms with Gasteiger partial charge in [0.15, 0.2) is 11.5 Å². The largest absolute Gasteiger partial charge is 0.454 e. The predicted octanol–water partition coefficient (Wildman–Crippen LogP) is 2.01. The summed E-state index contributed by atoms with van der Waals surface area (Å²) in [5.74, 6) is 1.32. The van der Waals surface area contributed by atoms with Gasteiger partial charge in [0.05, 0.1) is 11.7 Å². The van der Waals surface area contributed by atoms with E-state index in [-0.39, 0.29) is 29.5 Å². The Hall–Kier alpha value is -3.00. The molecule has 0 N–H and O–H groups in total. The molecule has 0 unspecified atom stereocenters. The molecule has 3 aliphatic heterocycles. The average Bonchev–Trinajstić information content (AvgIpc) is 3.55. The van der Waals surface area contributed by atoms with Gasteiger partial charge in [-0.1, -0.05) is 12.5 Å². The van der Waals surface area contributed by atoms with Gasteiger partial charge in [-0.3, -0.25) is 19.1 Å². The molecule has 0 bridgehead atoms. The molecular formula is C26H31N5O6S2. The van der Waals surface area contributed by atoms with Gasteiger partial charge < -0.3 is 14.4 Å². The van der Waals surface area contributed by atoms with Gasteiger partial charge in [0.1, 0.15) is 16.3 Å². The molecule has 0 spiro atoms. The Morgan fingerprint density at radius 1 is 1.03 bits per heavy atom. The van der Waals surface area contributed by atoms with Gasteiger partial charge in [0.2, 0.25) is 22.7 Å². The Morgan fingerprint density at radius 3 is 2.54 bits per heavy atom. The lowest BCUT2D eigenvalue weighted by Gasteiger charge is -2.34. The van der Waals surface area contributed by atoms with Crippen LogP contribution in [0.15, 0.2) is 34.2 Å². The highest BCUT2D eigenvalue weighted by Gasteiger charge is 2.33. The van der Waals surface area contributed by atoms with Crippen LogP contribution in [0.5, 0.6) is 11.5 Å². The summed E-state index contributed by atoms with van der Waals surface area (Å²) in [7, 11) is -3.82. The summed E-state index contributed by atoms with van der Waals surface area (Å²) in [5.41, 5.74) is 0.626. The molecule has 2 fully saturated rings. The van der Waals surface area contributed by atoms with Gasteiger partial charge in [0.25, 0.3) is 5.56 Å². The number of carbonyl (C=O) groups is 1. The third-order valence-corrected chi connectivity index (χ3v) is 10.8. The van der Waals surface area contributed by atoms with Crippen molar-refractivity contribution < 1.29 is 22.7 Å². The molecule has 0 saturated carbocycles. The van der Waals surface area contributed by atoms with Crippen LogP contribution in [-0.4, -0.2) is 84.0 Å². The molecule has 13 heteroatoms. The van der Waals surface area contributed by atoms with Crippen LogP contribution in [0.3, 0.4) is 0 Å². The van der Waals surface area contributed by atoms with Crippen LogP contribution in [0.4, 0.5) is 0 Å². The molecule has 3 aromatic rings. The third kappa shape index (κ3) is 5.04. The number of piperidine rings is 1. The van der Waals surface area contributed by atoms with E-state index in [2.05, 4.69) is 9.88 Å². The van der Waals surface area contributed by atoms with E-state index in [4.69, 9.17) is 9.47 Å². The zero-order chi connectivity index (χ0) is 27.1. The maximum atomic E-state index is 13.5. The lowest BCUT2D eigenvalue weighted by atomic mass is 10.1. The van der Waals surface area contributed by atoms with E-state index in [0.717, 1.165) is 42.9 Å². The van der Waals surface area contributed by atoms with E-state index in [1.165, 1.54) is 26.5 Å². The number of fused-ring (bicyclic) bond motifs is 2. The summed E-state index contributed by atoms with van der Waals surface area (Å²) in [5, 5.41) is 0.0897. The SMILES string of the molecule is Cc1sc2ncn(CC(=O)N3CCN(Cc4ccc5c(c4)OCO5)CC3)c(=O)c2c1S(=O)(=O)N1CCCCC1. The molecule has 0 aliphatic carbocycles. The summed E-state index contributed by atoms with van der Waals surface area (Å²) in [6, 6.07) is 5.92. The minimum atomic E-state index is -3.82. The van der Waals surface area contributed by atoms with Gasteiger partial charge in [-0.05, 0) is 37.5 Å². The number of hydrogen-bond donors (Lipinski definition) is 0. The van der Waals surface area contributed by atoms with Crippen LogP contribution >= 0.6 is 11.3 Å². The molecule has 0 atom stereocenters. The van der Waals surface area contributed by atoms with E-state index in [1.54, 1.807) is 11.8 Å². The van der Waals surface area contributed by atoms with Crippen molar-refractivity contribution in [2.75, 3.05) is 46.1 Å². The fourth-order valence-electron chi connectivity index (χ4n) is 5.47. The summed E-state index contributed by atoms with van der Waals surface area (Å²) in [6.07, 6.45) is 3.97. The Balaban J connectivity index is 1.15. The lowest BCUT2D eigenvalue weighted by Crippen LogP contribution is -2.49. The third-order valence-electron chi connectivity index (χ3n) is 7.59. The monoisotopic (exact) mass is 573 g/mol. The number of amides is 1. The van der Waals surface area contributed by atoms with Crippen LogP contribution < -0.4 is 15.0 Å². The molecule has 3 aliphatic rings. The van der Waals surface area contributed by atoms with Crippen LogP contribution in [0.25, 0.3) is 10.2 Å². The number of thiophene rings is 1. The minimum absolute atomic E-state index is 0.0424. The summed E-state index contributed by atoms with van der Waals surface area (Å²) < 4.78 is 40.5. The lowest BCUT2D eigenvalue weighted by molar-refractivity contribution is -0.133. The molecular weight excluding hydrogens is 542 g/mol. The highest BCUT2D eigenvalue weighted by atomic mass is 32.2. The number of piperazine rings is 1. The van der Waals surface area contributed by atoms with Crippen molar-refractivity contribution in [3.05, 3.63) is 45.3 Å².